The van der Waals surface area contributed by atoms with Crippen molar-refractivity contribution in [1.82, 2.24) is 10.6 Å². The van der Waals surface area contributed by atoms with Crippen LogP contribution in [0.1, 0.15) is 6.42 Å². The summed E-state index contributed by atoms with van der Waals surface area (Å²) < 4.78 is 39.4. The molecule has 1 saturated heterocycles. The fourth-order valence-electron chi connectivity index (χ4n) is 2.28. The molecule has 1 aromatic rings. The van der Waals surface area contributed by atoms with E-state index in [0.29, 0.717) is 5.75 Å². The summed E-state index contributed by atoms with van der Waals surface area (Å²) in [6.07, 6.45) is -4.72. The highest BCUT2D eigenvalue weighted by atomic mass is 32.2. The molecular weight excluding hydrogens is 301 g/mol. The first-order valence-corrected chi connectivity index (χ1v) is 7.68. The van der Waals surface area contributed by atoms with Crippen LogP contribution in [0.15, 0.2) is 35.2 Å². The minimum Gasteiger partial charge on any atom is -0.354 e. The predicted molar refractivity (Wildman–Crippen MR) is 76.2 cm³/mol. The summed E-state index contributed by atoms with van der Waals surface area (Å²) in [6.45, 7) is 0.0933. The van der Waals surface area contributed by atoms with Crippen LogP contribution in [0.5, 0.6) is 0 Å². The maximum atomic E-state index is 13.1. The molecule has 3 nitrogen and oxygen atoms in total. The molecule has 21 heavy (non-hydrogen) atoms. The molecule has 1 amide bonds. The van der Waals surface area contributed by atoms with E-state index in [1.807, 2.05) is 30.3 Å². The molecule has 0 radical (unpaired) electrons. The van der Waals surface area contributed by atoms with Gasteiger partial charge in [-0.05, 0) is 25.1 Å². The fourth-order valence-corrected chi connectivity index (χ4v) is 3.07. The molecule has 0 bridgehead atoms. The van der Waals surface area contributed by atoms with Crippen molar-refractivity contribution in [3.8, 4) is 0 Å². The first-order valence-electron chi connectivity index (χ1n) is 6.69. The Labute approximate surface area is 125 Å². The Morgan fingerprint density at radius 1 is 1.33 bits per heavy atom. The zero-order chi connectivity index (χ0) is 15.3. The van der Waals surface area contributed by atoms with E-state index in [0.717, 1.165) is 4.90 Å². The Balaban J connectivity index is 1.83. The minimum atomic E-state index is -4.52. The van der Waals surface area contributed by atoms with E-state index in [1.54, 1.807) is 0 Å². The number of nitrogens with one attached hydrogen (secondary N) is 2. The molecule has 1 heterocycles. The molecule has 1 aliphatic rings. The highest BCUT2D eigenvalue weighted by molar-refractivity contribution is 7.99. The molecule has 7 heteroatoms. The second kappa shape index (κ2) is 6.70. The topological polar surface area (TPSA) is 41.1 Å². The lowest BCUT2D eigenvalue weighted by molar-refractivity contribution is -0.215. The van der Waals surface area contributed by atoms with Crippen molar-refractivity contribution >= 4 is 17.7 Å². The van der Waals surface area contributed by atoms with Crippen molar-refractivity contribution in [3.63, 3.8) is 0 Å². The maximum Gasteiger partial charge on any atom is 0.404 e. The number of amides is 1. The van der Waals surface area contributed by atoms with Crippen LogP contribution in [0.3, 0.4) is 0 Å². The average molecular weight is 318 g/mol. The lowest BCUT2D eigenvalue weighted by Crippen LogP contribution is -2.52. The van der Waals surface area contributed by atoms with Crippen LogP contribution in [0.25, 0.3) is 0 Å². The molecule has 2 N–H and O–H groups in total. The number of carbonyl (C=O) groups excluding carboxylic acids is 1. The standard InChI is InChI=1S/C14H17F3N2OS/c15-14(16,17)13(6-7-18-10-13)12(20)19-8-9-21-11-4-2-1-3-5-11/h1-5,18H,6-10H2,(H,19,20). The number of hydrogen-bond donors (Lipinski definition) is 2. The first kappa shape index (κ1) is 16.2. The molecular formula is C14H17F3N2OS. The summed E-state index contributed by atoms with van der Waals surface area (Å²) in [4.78, 5) is 13.0. The van der Waals surface area contributed by atoms with E-state index in [-0.39, 0.29) is 26.1 Å². The van der Waals surface area contributed by atoms with Crippen LogP contribution in [-0.2, 0) is 4.79 Å². The van der Waals surface area contributed by atoms with Crippen LogP contribution >= 0.6 is 11.8 Å². The molecule has 1 unspecified atom stereocenters. The Hall–Kier alpha value is -1.21. The second-order valence-corrected chi connectivity index (χ2v) is 6.09. The Kier molecular flexibility index (Phi) is 5.16. The second-order valence-electron chi connectivity index (χ2n) is 4.92. The van der Waals surface area contributed by atoms with Crippen molar-refractivity contribution in [2.45, 2.75) is 17.5 Å². The SMILES string of the molecule is O=C(NCCSc1ccccc1)C1(C(F)(F)F)CCNC1. The van der Waals surface area contributed by atoms with Gasteiger partial charge >= 0.3 is 6.18 Å². The number of alkyl halides is 3. The van der Waals surface area contributed by atoms with Crippen molar-refractivity contribution < 1.29 is 18.0 Å². The lowest BCUT2D eigenvalue weighted by Gasteiger charge is -2.29. The Morgan fingerprint density at radius 2 is 2.05 bits per heavy atom. The van der Waals surface area contributed by atoms with Crippen LogP contribution in [0.4, 0.5) is 13.2 Å². The molecule has 1 atom stereocenters. The third kappa shape index (κ3) is 3.71. The van der Waals surface area contributed by atoms with Crippen molar-refractivity contribution in [2.24, 2.45) is 5.41 Å². The molecule has 0 aromatic heterocycles. The van der Waals surface area contributed by atoms with Gasteiger partial charge in [0.15, 0.2) is 5.41 Å². The minimum absolute atomic E-state index is 0.200. The van der Waals surface area contributed by atoms with Crippen LogP contribution < -0.4 is 10.6 Å². The zero-order valence-corrected chi connectivity index (χ0v) is 12.2. The third-order valence-corrected chi connectivity index (χ3v) is 4.55. The van der Waals surface area contributed by atoms with Crippen molar-refractivity contribution in [2.75, 3.05) is 25.4 Å². The van der Waals surface area contributed by atoms with Gasteiger partial charge in [-0.1, -0.05) is 18.2 Å². The van der Waals surface area contributed by atoms with E-state index in [2.05, 4.69) is 10.6 Å². The van der Waals surface area contributed by atoms with Gasteiger partial charge in [0.1, 0.15) is 0 Å². The Morgan fingerprint density at radius 3 is 2.62 bits per heavy atom. The molecule has 1 fully saturated rings. The van der Waals surface area contributed by atoms with Gasteiger partial charge in [0.2, 0.25) is 5.91 Å². The Bertz CT molecular complexity index is 473. The molecule has 2 rings (SSSR count). The van der Waals surface area contributed by atoms with Gasteiger partial charge in [-0.3, -0.25) is 4.79 Å². The highest BCUT2D eigenvalue weighted by Crippen LogP contribution is 2.43. The predicted octanol–water partition coefficient (Wildman–Crippen LogP) is 2.44. The van der Waals surface area contributed by atoms with Gasteiger partial charge in [-0.25, -0.2) is 0 Å². The van der Waals surface area contributed by atoms with Gasteiger partial charge in [0.25, 0.3) is 0 Å². The van der Waals surface area contributed by atoms with Gasteiger partial charge < -0.3 is 10.6 Å². The summed E-state index contributed by atoms with van der Waals surface area (Å²) in [5.41, 5.74) is -2.27. The number of halogens is 3. The first-order chi connectivity index (χ1) is 9.96. The quantitative estimate of drug-likeness (QED) is 0.647. The molecule has 1 aliphatic heterocycles. The number of rotatable bonds is 5. The van der Waals surface area contributed by atoms with Crippen LogP contribution in [0, 0.1) is 5.41 Å². The number of carbonyl (C=O) groups is 1. The van der Waals surface area contributed by atoms with Crippen molar-refractivity contribution in [3.05, 3.63) is 30.3 Å². The van der Waals surface area contributed by atoms with Gasteiger partial charge in [0.05, 0.1) is 0 Å². The summed E-state index contributed by atoms with van der Waals surface area (Å²) in [5.74, 6) is -0.384. The monoisotopic (exact) mass is 318 g/mol. The maximum absolute atomic E-state index is 13.1. The van der Waals surface area contributed by atoms with Gasteiger partial charge in [-0.2, -0.15) is 13.2 Å². The summed E-state index contributed by atoms with van der Waals surface area (Å²) in [5, 5.41) is 5.05. The molecule has 0 aliphatic carbocycles. The molecule has 0 saturated carbocycles. The zero-order valence-electron chi connectivity index (χ0n) is 11.4. The van der Waals surface area contributed by atoms with E-state index in [9.17, 15) is 18.0 Å². The summed E-state index contributed by atoms with van der Waals surface area (Å²) >= 11 is 1.50. The van der Waals surface area contributed by atoms with E-state index in [4.69, 9.17) is 0 Å². The molecule has 1 aromatic carbocycles. The normalized spacial score (nSPS) is 22.2. The fraction of sp³-hybridized carbons (Fsp3) is 0.500. The number of hydrogen-bond acceptors (Lipinski definition) is 3. The van der Waals surface area contributed by atoms with Crippen LogP contribution in [-0.4, -0.2) is 37.5 Å². The lowest BCUT2D eigenvalue weighted by atomic mass is 9.85. The molecule has 116 valence electrons. The number of benzene rings is 1. The van der Waals surface area contributed by atoms with E-state index < -0.39 is 17.5 Å². The largest absolute Gasteiger partial charge is 0.404 e. The highest BCUT2D eigenvalue weighted by Gasteiger charge is 2.61. The number of thioether (sulfide) groups is 1. The average Bonchev–Trinajstić information content (AvgIpc) is 2.95. The van der Waals surface area contributed by atoms with Gasteiger partial charge in [-0.15, -0.1) is 11.8 Å². The van der Waals surface area contributed by atoms with Crippen LogP contribution in [0.2, 0.25) is 0 Å². The van der Waals surface area contributed by atoms with E-state index >= 15 is 0 Å². The van der Waals surface area contributed by atoms with Crippen molar-refractivity contribution in [1.29, 1.82) is 0 Å². The summed E-state index contributed by atoms with van der Waals surface area (Å²) in [7, 11) is 0. The van der Waals surface area contributed by atoms with E-state index in [1.165, 1.54) is 11.8 Å². The summed E-state index contributed by atoms with van der Waals surface area (Å²) in [6, 6.07) is 9.52. The molecule has 0 spiro atoms. The van der Waals surface area contributed by atoms with Gasteiger partial charge in [0, 0.05) is 23.7 Å². The third-order valence-electron chi connectivity index (χ3n) is 3.53. The smallest absolute Gasteiger partial charge is 0.354 e.